The monoisotopic (exact) mass is 354 g/mol. The molecule has 0 bridgehead atoms. The summed E-state index contributed by atoms with van der Waals surface area (Å²) >= 11 is 0. The number of methoxy groups -OCH3 is 1. The summed E-state index contributed by atoms with van der Waals surface area (Å²) in [6.45, 7) is 6.39. The Bertz CT molecular complexity index is 753. The van der Waals surface area contributed by atoms with Crippen LogP contribution in [0.15, 0.2) is 49.3 Å². The van der Waals surface area contributed by atoms with E-state index >= 15 is 0 Å². The van der Waals surface area contributed by atoms with Gasteiger partial charge in [0.25, 0.3) is 0 Å². The molecule has 0 unspecified atom stereocenters. The number of hydrogen-bond donors (Lipinski definition) is 1. The Labute approximate surface area is 154 Å². The van der Waals surface area contributed by atoms with Crippen LogP contribution in [0.2, 0.25) is 0 Å². The van der Waals surface area contributed by atoms with E-state index < -0.39 is 0 Å². The molecule has 0 aliphatic carbocycles. The summed E-state index contributed by atoms with van der Waals surface area (Å²) in [7, 11) is 3.55. The molecule has 6 heteroatoms. The zero-order chi connectivity index (χ0) is 18.5. The number of aromatic nitrogens is 2. The molecule has 1 saturated heterocycles. The smallest absolute Gasteiger partial charge is 0.228 e. The van der Waals surface area contributed by atoms with Gasteiger partial charge in [0.15, 0.2) is 0 Å². The molecule has 0 saturated carbocycles. The van der Waals surface area contributed by atoms with Crippen molar-refractivity contribution in [3.8, 4) is 5.75 Å². The van der Waals surface area contributed by atoms with Crippen molar-refractivity contribution in [3.05, 3.63) is 60.4 Å². The van der Waals surface area contributed by atoms with Crippen LogP contribution in [0.1, 0.15) is 17.0 Å². The van der Waals surface area contributed by atoms with Crippen molar-refractivity contribution in [1.29, 1.82) is 0 Å². The molecular weight excluding hydrogens is 328 g/mol. The van der Waals surface area contributed by atoms with E-state index in [1.807, 2.05) is 48.6 Å². The molecule has 1 amide bonds. The number of amides is 1. The predicted octanol–water partition coefficient (Wildman–Crippen LogP) is 1.95. The largest absolute Gasteiger partial charge is 0.497 e. The first-order valence-corrected chi connectivity index (χ1v) is 8.84. The molecule has 1 N–H and O–H groups in total. The molecule has 0 spiro atoms. The van der Waals surface area contributed by atoms with Gasteiger partial charge in [-0.1, -0.05) is 18.2 Å². The highest BCUT2D eigenvalue weighted by molar-refractivity contribution is 5.80. The standard InChI is InChI=1S/C20H26N4O2/c1-4-9-24(13-15-5-7-17(26-3)8-6-15)20(25)19-12-21-11-18(19)16-10-22-23(2)14-16/h4-8,10,14,18-19,21H,1,9,11-13H2,2-3H3/t18-,19+/m1/s1. The molecule has 1 aliphatic heterocycles. The van der Waals surface area contributed by atoms with Gasteiger partial charge in [0.2, 0.25) is 5.91 Å². The molecule has 0 radical (unpaired) electrons. The van der Waals surface area contributed by atoms with Gasteiger partial charge in [-0.2, -0.15) is 5.10 Å². The number of rotatable bonds is 7. The highest BCUT2D eigenvalue weighted by Crippen LogP contribution is 2.29. The van der Waals surface area contributed by atoms with Gasteiger partial charge in [0, 0.05) is 45.3 Å². The Balaban J connectivity index is 1.75. The maximum atomic E-state index is 13.2. The number of benzene rings is 1. The van der Waals surface area contributed by atoms with Crippen LogP contribution in [0, 0.1) is 5.92 Å². The zero-order valence-electron chi connectivity index (χ0n) is 15.4. The van der Waals surface area contributed by atoms with Gasteiger partial charge >= 0.3 is 0 Å². The van der Waals surface area contributed by atoms with Crippen molar-refractivity contribution in [3.63, 3.8) is 0 Å². The summed E-state index contributed by atoms with van der Waals surface area (Å²) in [5.74, 6) is 1.03. The molecular formula is C20H26N4O2. The minimum absolute atomic E-state index is 0.0857. The summed E-state index contributed by atoms with van der Waals surface area (Å²) in [4.78, 5) is 15.1. The summed E-state index contributed by atoms with van der Waals surface area (Å²) in [6.07, 6.45) is 5.64. The van der Waals surface area contributed by atoms with Crippen LogP contribution < -0.4 is 10.1 Å². The Hall–Kier alpha value is -2.60. The number of carbonyl (C=O) groups excluding carboxylic acids is 1. The minimum Gasteiger partial charge on any atom is -0.497 e. The molecule has 1 aliphatic rings. The van der Waals surface area contributed by atoms with Crippen LogP contribution in [0.4, 0.5) is 0 Å². The van der Waals surface area contributed by atoms with Crippen LogP contribution in [0.3, 0.4) is 0 Å². The summed E-state index contributed by atoms with van der Waals surface area (Å²) in [5, 5.41) is 7.62. The van der Waals surface area contributed by atoms with Gasteiger partial charge in [-0.3, -0.25) is 9.48 Å². The van der Waals surface area contributed by atoms with E-state index in [9.17, 15) is 4.79 Å². The third kappa shape index (κ3) is 3.96. The first kappa shape index (κ1) is 18.2. The normalized spacial score (nSPS) is 19.3. The third-order valence-electron chi connectivity index (χ3n) is 4.88. The SMILES string of the molecule is C=CCN(Cc1ccc(OC)cc1)C(=O)[C@H]1CNC[C@@H]1c1cnn(C)c1. The molecule has 6 nitrogen and oxygen atoms in total. The minimum atomic E-state index is -0.0857. The lowest BCUT2D eigenvalue weighted by atomic mass is 9.89. The van der Waals surface area contributed by atoms with Crippen molar-refractivity contribution in [2.45, 2.75) is 12.5 Å². The van der Waals surface area contributed by atoms with E-state index in [0.29, 0.717) is 19.6 Å². The second kappa shape index (κ2) is 8.19. The molecule has 2 atom stereocenters. The molecule has 3 rings (SSSR count). The van der Waals surface area contributed by atoms with Gasteiger partial charge in [0.05, 0.1) is 19.2 Å². The first-order chi connectivity index (χ1) is 12.6. The second-order valence-corrected chi connectivity index (χ2v) is 6.67. The molecule has 2 aromatic rings. The van der Waals surface area contributed by atoms with Crippen LogP contribution >= 0.6 is 0 Å². The average molecular weight is 354 g/mol. The molecule has 2 heterocycles. The fraction of sp³-hybridized carbons (Fsp3) is 0.400. The van der Waals surface area contributed by atoms with E-state index in [4.69, 9.17) is 4.74 Å². The number of ether oxygens (including phenoxy) is 1. The van der Waals surface area contributed by atoms with Gasteiger partial charge < -0.3 is 15.0 Å². The highest BCUT2D eigenvalue weighted by Gasteiger charge is 2.36. The Kier molecular flexibility index (Phi) is 5.73. The van der Waals surface area contributed by atoms with Gasteiger partial charge in [-0.25, -0.2) is 0 Å². The number of aryl methyl sites for hydroxylation is 1. The lowest BCUT2D eigenvalue weighted by Crippen LogP contribution is -2.38. The maximum Gasteiger partial charge on any atom is 0.228 e. The van der Waals surface area contributed by atoms with Crippen LogP contribution in [0.25, 0.3) is 0 Å². The van der Waals surface area contributed by atoms with Crippen molar-refractivity contribution < 1.29 is 9.53 Å². The molecule has 138 valence electrons. The molecule has 1 fully saturated rings. The highest BCUT2D eigenvalue weighted by atomic mass is 16.5. The Morgan fingerprint density at radius 3 is 2.81 bits per heavy atom. The third-order valence-corrected chi connectivity index (χ3v) is 4.88. The fourth-order valence-corrected chi connectivity index (χ4v) is 3.49. The van der Waals surface area contributed by atoms with E-state index in [0.717, 1.165) is 23.4 Å². The topological polar surface area (TPSA) is 59.4 Å². The average Bonchev–Trinajstić information content (AvgIpc) is 3.30. The summed E-state index contributed by atoms with van der Waals surface area (Å²) in [5.41, 5.74) is 2.18. The van der Waals surface area contributed by atoms with Crippen molar-refractivity contribution in [1.82, 2.24) is 20.0 Å². The lowest BCUT2D eigenvalue weighted by Gasteiger charge is -2.27. The van der Waals surface area contributed by atoms with Gasteiger partial charge in [-0.05, 0) is 23.3 Å². The predicted molar refractivity (Wildman–Crippen MR) is 101 cm³/mol. The van der Waals surface area contributed by atoms with Gasteiger partial charge in [-0.15, -0.1) is 6.58 Å². The van der Waals surface area contributed by atoms with Crippen LogP contribution in [0.5, 0.6) is 5.75 Å². The quantitative estimate of drug-likeness (QED) is 0.772. The van der Waals surface area contributed by atoms with Crippen molar-refractivity contribution in [2.75, 3.05) is 26.7 Å². The first-order valence-electron chi connectivity index (χ1n) is 8.84. The van der Waals surface area contributed by atoms with Crippen LogP contribution in [-0.4, -0.2) is 47.3 Å². The number of carbonyl (C=O) groups is 1. The lowest BCUT2D eigenvalue weighted by molar-refractivity contribution is -0.135. The van der Waals surface area contributed by atoms with E-state index in [2.05, 4.69) is 17.0 Å². The van der Waals surface area contributed by atoms with Crippen LogP contribution in [-0.2, 0) is 18.4 Å². The summed E-state index contributed by atoms with van der Waals surface area (Å²) < 4.78 is 6.99. The number of hydrogen-bond acceptors (Lipinski definition) is 4. The molecule has 1 aromatic carbocycles. The van der Waals surface area contributed by atoms with E-state index in [-0.39, 0.29) is 17.7 Å². The molecule has 1 aromatic heterocycles. The maximum absolute atomic E-state index is 13.2. The van der Waals surface area contributed by atoms with E-state index in [1.54, 1.807) is 17.9 Å². The second-order valence-electron chi connectivity index (χ2n) is 6.67. The Morgan fingerprint density at radius 1 is 1.42 bits per heavy atom. The van der Waals surface area contributed by atoms with Crippen molar-refractivity contribution in [2.24, 2.45) is 13.0 Å². The van der Waals surface area contributed by atoms with Gasteiger partial charge in [0.1, 0.15) is 5.75 Å². The summed E-state index contributed by atoms with van der Waals surface area (Å²) in [6, 6.07) is 7.82. The van der Waals surface area contributed by atoms with Crippen molar-refractivity contribution >= 4 is 5.91 Å². The Morgan fingerprint density at radius 2 is 2.19 bits per heavy atom. The zero-order valence-corrected chi connectivity index (χ0v) is 15.4. The molecule has 26 heavy (non-hydrogen) atoms. The number of nitrogens with one attached hydrogen (secondary N) is 1. The fourth-order valence-electron chi connectivity index (χ4n) is 3.49. The number of nitrogens with zero attached hydrogens (tertiary/aromatic N) is 3. The van der Waals surface area contributed by atoms with E-state index in [1.165, 1.54) is 0 Å².